The highest BCUT2D eigenvalue weighted by Gasteiger charge is 2.35. The minimum Gasteiger partial charge on any atom is -0.481 e. The lowest BCUT2D eigenvalue weighted by molar-refractivity contribution is -0.157. The van der Waals surface area contributed by atoms with Crippen LogP contribution in [-0.2, 0) is 38.4 Å². The van der Waals surface area contributed by atoms with Gasteiger partial charge in [0.05, 0.1) is 6.42 Å². The SMILES string of the molecule is O=C(O)CC(CCC(CCC(C(=O)O)C(=O)C(=O)O)C(=O)C(=O)O)C(=O)C(=O)O. The van der Waals surface area contributed by atoms with Gasteiger partial charge < -0.3 is 25.5 Å². The number of carbonyl (C=O) groups is 8. The smallest absolute Gasteiger partial charge is 0.373 e. The number of carboxylic acids is 5. The molecule has 0 aliphatic carbocycles. The summed E-state index contributed by atoms with van der Waals surface area (Å²) in [5.41, 5.74) is 0. The number of hydrogen-bond donors (Lipinski definition) is 5. The molecule has 0 radical (unpaired) electrons. The Kier molecular flexibility index (Phi) is 9.85. The van der Waals surface area contributed by atoms with Crippen LogP contribution in [0.25, 0.3) is 0 Å². The summed E-state index contributed by atoms with van der Waals surface area (Å²) in [6, 6.07) is 0. The van der Waals surface area contributed by atoms with Crippen LogP contribution in [0.2, 0.25) is 0 Å². The summed E-state index contributed by atoms with van der Waals surface area (Å²) in [5.74, 6) is -18.9. The Hall–Kier alpha value is -3.64. The predicted octanol–water partition coefficient (Wildman–Crippen LogP) is -1.08. The minimum absolute atomic E-state index is 0.490. The van der Waals surface area contributed by atoms with Crippen LogP contribution >= 0.6 is 0 Å². The van der Waals surface area contributed by atoms with Gasteiger partial charge in [0.2, 0.25) is 11.6 Å². The number of ketones is 3. The third-order valence-corrected chi connectivity index (χ3v) is 4.08. The molecule has 13 heteroatoms. The highest BCUT2D eigenvalue weighted by Crippen LogP contribution is 2.24. The van der Waals surface area contributed by atoms with Crippen LogP contribution < -0.4 is 0 Å². The molecule has 0 aromatic carbocycles. The summed E-state index contributed by atoms with van der Waals surface area (Å²) in [6.07, 6.45) is -3.17. The van der Waals surface area contributed by atoms with E-state index in [0.717, 1.165) is 0 Å². The molecule has 29 heavy (non-hydrogen) atoms. The van der Waals surface area contributed by atoms with Gasteiger partial charge in [-0.15, -0.1) is 0 Å². The molecule has 0 saturated heterocycles. The third-order valence-electron chi connectivity index (χ3n) is 4.08. The largest absolute Gasteiger partial charge is 0.481 e. The number of aliphatic carboxylic acids is 5. The Morgan fingerprint density at radius 2 is 0.897 bits per heavy atom. The molecule has 0 aliphatic rings. The maximum atomic E-state index is 11.8. The summed E-state index contributed by atoms with van der Waals surface area (Å²) in [7, 11) is 0. The molecule has 5 N–H and O–H groups in total. The molecule has 0 saturated carbocycles. The second-order valence-corrected chi connectivity index (χ2v) is 6.05. The number of carbonyl (C=O) groups excluding carboxylic acids is 3. The van der Waals surface area contributed by atoms with E-state index in [0.29, 0.717) is 0 Å². The van der Waals surface area contributed by atoms with Gasteiger partial charge in [-0.05, 0) is 25.7 Å². The summed E-state index contributed by atoms with van der Waals surface area (Å²) < 4.78 is 0. The van der Waals surface area contributed by atoms with Crippen LogP contribution in [0.1, 0.15) is 32.1 Å². The van der Waals surface area contributed by atoms with Crippen molar-refractivity contribution in [1.82, 2.24) is 0 Å². The van der Waals surface area contributed by atoms with Crippen molar-refractivity contribution in [2.75, 3.05) is 0 Å². The Labute approximate surface area is 161 Å². The first-order chi connectivity index (χ1) is 13.3. The van der Waals surface area contributed by atoms with Crippen LogP contribution in [0.3, 0.4) is 0 Å². The van der Waals surface area contributed by atoms with Crippen molar-refractivity contribution >= 4 is 47.2 Å². The van der Waals surface area contributed by atoms with Gasteiger partial charge in [-0.3, -0.25) is 24.0 Å². The average Bonchev–Trinajstić information content (AvgIpc) is 2.60. The second kappa shape index (κ2) is 11.3. The van der Waals surface area contributed by atoms with Gasteiger partial charge >= 0.3 is 29.8 Å². The standard InChI is InChI=1S/C16H18O13/c17-9(18)5-7(11(20)15(26)27)2-1-6(10(19)14(24)25)3-4-8(13(22)23)12(21)16(28)29/h6-8H,1-5H2,(H,17,18)(H,22,23)(H,24,25)(H,26,27)(H,28,29). The van der Waals surface area contributed by atoms with E-state index in [1.165, 1.54) is 0 Å². The molecular weight excluding hydrogens is 400 g/mol. The highest BCUT2D eigenvalue weighted by molar-refractivity contribution is 6.37. The van der Waals surface area contributed by atoms with Gasteiger partial charge in [0, 0.05) is 11.8 Å². The van der Waals surface area contributed by atoms with E-state index in [2.05, 4.69) is 0 Å². The second-order valence-electron chi connectivity index (χ2n) is 6.05. The van der Waals surface area contributed by atoms with E-state index in [9.17, 15) is 38.4 Å². The van der Waals surface area contributed by atoms with Crippen molar-refractivity contribution in [3.63, 3.8) is 0 Å². The fraction of sp³-hybridized carbons (Fsp3) is 0.500. The van der Waals surface area contributed by atoms with Crippen molar-refractivity contribution in [2.45, 2.75) is 32.1 Å². The molecule has 0 fully saturated rings. The van der Waals surface area contributed by atoms with Gasteiger partial charge in [-0.25, -0.2) is 14.4 Å². The molecule has 0 aliphatic heterocycles. The molecule has 0 aromatic heterocycles. The van der Waals surface area contributed by atoms with E-state index in [4.69, 9.17) is 25.5 Å². The number of carboxylic acid groups (broad SMARTS) is 5. The van der Waals surface area contributed by atoms with Crippen LogP contribution in [0.15, 0.2) is 0 Å². The first-order valence-corrected chi connectivity index (χ1v) is 8.05. The molecule has 0 bridgehead atoms. The highest BCUT2D eigenvalue weighted by atomic mass is 16.4. The van der Waals surface area contributed by atoms with Crippen LogP contribution in [-0.4, -0.2) is 72.7 Å². The molecule has 160 valence electrons. The van der Waals surface area contributed by atoms with E-state index in [-0.39, 0.29) is 0 Å². The molecule has 0 rings (SSSR count). The Bertz CT molecular complexity index is 735. The van der Waals surface area contributed by atoms with Gasteiger partial charge in [-0.2, -0.15) is 0 Å². The molecule has 13 nitrogen and oxygen atoms in total. The molecule has 3 unspecified atom stereocenters. The predicted molar refractivity (Wildman–Crippen MR) is 86.8 cm³/mol. The molecule has 0 spiro atoms. The zero-order valence-electron chi connectivity index (χ0n) is 14.8. The first kappa shape index (κ1) is 25.4. The van der Waals surface area contributed by atoms with Crippen LogP contribution in [0.4, 0.5) is 0 Å². The Balaban J connectivity index is 5.41. The fourth-order valence-corrected chi connectivity index (χ4v) is 2.58. The van der Waals surface area contributed by atoms with Crippen molar-refractivity contribution in [3.05, 3.63) is 0 Å². The summed E-state index contributed by atoms with van der Waals surface area (Å²) in [6.45, 7) is 0. The van der Waals surface area contributed by atoms with Gasteiger partial charge in [0.25, 0.3) is 5.78 Å². The maximum Gasteiger partial charge on any atom is 0.373 e. The lowest BCUT2D eigenvalue weighted by Gasteiger charge is -2.18. The summed E-state index contributed by atoms with van der Waals surface area (Å²) in [4.78, 5) is 89.0. The maximum absolute atomic E-state index is 11.8. The Morgan fingerprint density at radius 1 is 0.517 bits per heavy atom. The van der Waals surface area contributed by atoms with E-state index >= 15 is 0 Å². The van der Waals surface area contributed by atoms with Crippen molar-refractivity contribution < 1.29 is 63.9 Å². The molecule has 0 amide bonds. The molecular formula is C16H18O13. The average molecular weight is 418 g/mol. The van der Waals surface area contributed by atoms with Crippen LogP contribution in [0.5, 0.6) is 0 Å². The van der Waals surface area contributed by atoms with Crippen molar-refractivity contribution in [1.29, 1.82) is 0 Å². The van der Waals surface area contributed by atoms with Gasteiger partial charge in [0.1, 0.15) is 5.92 Å². The quantitative estimate of drug-likeness (QED) is 0.157. The van der Waals surface area contributed by atoms with E-state index < -0.39 is 97.1 Å². The number of rotatable bonds is 15. The lowest BCUT2D eigenvalue weighted by atomic mass is 9.84. The fourth-order valence-electron chi connectivity index (χ4n) is 2.58. The number of Topliss-reactive ketones (excluding diaryl/α,β-unsaturated/α-hetero) is 3. The normalized spacial score (nSPS) is 13.5. The third kappa shape index (κ3) is 8.28. The van der Waals surface area contributed by atoms with E-state index in [1.807, 2.05) is 0 Å². The minimum atomic E-state index is -2.05. The Morgan fingerprint density at radius 3 is 1.28 bits per heavy atom. The molecule has 0 heterocycles. The van der Waals surface area contributed by atoms with Crippen molar-refractivity contribution in [2.24, 2.45) is 17.8 Å². The van der Waals surface area contributed by atoms with Crippen LogP contribution in [0, 0.1) is 17.8 Å². The molecule has 0 aromatic rings. The monoisotopic (exact) mass is 418 g/mol. The van der Waals surface area contributed by atoms with Gasteiger partial charge in [-0.1, -0.05) is 0 Å². The van der Waals surface area contributed by atoms with Crippen molar-refractivity contribution in [3.8, 4) is 0 Å². The van der Waals surface area contributed by atoms with Gasteiger partial charge in [0.15, 0.2) is 0 Å². The topological polar surface area (TPSA) is 238 Å². The summed E-state index contributed by atoms with van der Waals surface area (Å²) in [5, 5.41) is 43.9. The zero-order valence-corrected chi connectivity index (χ0v) is 14.8. The number of hydrogen-bond acceptors (Lipinski definition) is 8. The molecule has 3 atom stereocenters. The van der Waals surface area contributed by atoms with E-state index in [1.54, 1.807) is 0 Å². The lowest BCUT2D eigenvalue weighted by Crippen LogP contribution is -2.32. The first-order valence-electron chi connectivity index (χ1n) is 8.05. The summed E-state index contributed by atoms with van der Waals surface area (Å²) >= 11 is 0. The zero-order chi connectivity index (χ0) is 22.9.